The highest BCUT2D eigenvalue weighted by Gasteiger charge is 2.39. The Kier molecular flexibility index (Phi) is 2.02. The van der Waals surface area contributed by atoms with Crippen LogP contribution in [0.2, 0.25) is 0 Å². The van der Waals surface area contributed by atoms with Gasteiger partial charge in [-0.15, -0.1) is 0 Å². The molecule has 0 atom stereocenters. The number of hydrogen-bond acceptors (Lipinski definition) is 1. The molecule has 1 nitrogen and oxygen atoms in total. The molecule has 0 amide bonds. The fourth-order valence-electron chi connectivity index (χ4n) is 1.31. The Balaban J connectivity index is 2.56. The Morgan fingerprint density at radius 2 is 1.70 bits per heavy atom. The smallest absolute Gasteiger partial charge is 0.257 e. The second-order valence-electron chi connectivity index (χ2n) is 2.80. The van der Waals surface area contributed by atoms with Crippen molar-refractivity contribution in [2.45, 2.75) is 37.8 Å². The van der Waals surface area contributed by atoms with Crippen molar-refractivity contribution in [3.63, 3.8) is 0 Å². The summed E-state index contributed by atoms with van der Waals surface area (Å²) >= 11 is 0. The highest BCUT2D eigenvalue weighted by atomic mass is 19.2. The van der Waals surface area contributed by atoms with Gasteiger partial charge in [-0.05, 0) is 25.7 Å². The molecule has 0 aromatic rings. The van der Waals surface area contributed by atoms with Crippen molar-refractivity contribution >= 4 is 6.04 Å². The van der Waals surface area contributed by atoms with E-state index < -0.39 is 11.7 Å². The molecule has 1 aliphatic rings. The summed E-state index contributed by atoms with van der Waals surface area (Å²) < 4.78 is 24.9. The minimum atomic E-state index is -2.13. The predicted molar refractivity (Wildman–Crippen MR) is 33.0 cm³/mol. The third kappa shape index (κ3) is 1.33. The average molecular weight is 148 g/mol. The van der Waals surface area contributed by atoms with Crippen LogP contribution < -0.4 is 0 Å². The van der Waals surface area contributed by atoms with Crippen LogP contribution in [-0.2, 0) is 4.79 Å². The van der Waals surface area contributed by atoms with E-state index in [4.69, 9.17) is 0 Å². The van der Waals surface area contributed by atoms with E-state index in [1.165, 1.54) is 0 Å². The van der Waals surface area contributed by atoms with E-state index in [2.05, 4.69) is 0 Å². The van der Waals surface area contributed by atoms with Gasteiger partial charge in [0.15, 0.2) is 0 Å². The summed E-state index contributed by atoms with van der Waals surface area (Å²) in [5, 5.41) is 0. The molecular weight excluding hydrogens is 138 g/mol. The largest absolute Gasteiger partial charge is 0.338 e. The Labute approximate surface area is 58.4 Å². The van der Waals surface area contributed by atoms with Crippen LogP contribution in [0.15, 0.2) is 0 Å². The lowest BCUT2D eigenvalue weighted by Gasteiger charge is -2.23. The first-order valence-electron chi connectivity index (χ1n) is 3.54. The summed E-state index contributed by atoms with van der Waals surface area (Å²) in [6, 6.07) is -1.78. The van der Waals surface area contributed by atoms with E-state index in [0.29, 0.717) is 12.8 Å². The van der Waals surface area contributed by atoms with Gasteiger partial charge in [-0.2, -0.15) is 4.39 Å². The molecule has 0 aliphatic heterocycles. The lowest BCUT2D eigenvalue weighted by atomic mass is 9.87. The van der Waals surface area contributed by atoms with Crippen LogP contribution in [0.1, 0.15) is 32.1 Å². The molecule has 0 aromatic heterocycles. The minimum absolute atomic E-state index is 0.0718. The monoisotopic (exact) mass is 148 g/mol. The molecule has 0 unspecified atom stereocenters. The summed E-state index contributed by atoms with van der Waals surface area (Å²) in [6.07, 6.45) is 2.32. The highest BCUT2D eigenvalue weighted by Crippen LogP contribution is 2.32. The van der Waals surface area contributed by atoms with Crippen LogP contribution in [0.3, 0.4) is 0 Å². The molecule has 0 bridgehead atoms. The lowest BCUT2D eigenvalue weighted by molar-refractivity contribution is -0.144. The molecule has 0 aromatic carbocycles. The summed E-state index contributed by atoms with van der Waals surface area (Å²) in [4.78, 5) is 10.1. The number of hydrogen-bond donors (Lipinski definition) is 0. The first-order chi connectivity index (χ1) is 4.65. The summed E-state index contributed by atoms with van der Waals surface area (Å²) in [6.45, 7) is 0. The number of rotatable bonds is 1. The normalized spacial score (nSPS) is 24.2. The maximum absolute atomic E-state index is 13.0. The third-order valence-corrected chi connectivity index (χ3v) is 2.00. The first-order valence-corrected chi connectivity index (χ1v) is 3.54. The highest BCUT2D eigenvalue weighted by molar-refractivity contribution is 5.78. The van der Waals surface area contributed by atoms with Gasteiger partial charge in [0, 0.05) is 0 Å². The molecule has 0 saturated heterocycles. The number of carbonyl (C=O) groups is 1. The van der Waals surface area contributed by atoms with Crippen LogP contribution in [-0.4, -0.2) is 11.7 Å². The maximum Gasteiger partial charge on any atom is 0.338 e. The van der Waals surface area contributed by atoms with Gasteiger partial charge in [0.05, 0.1) is 0 Å². The van der Waals surface area contributed by atoms with Crippen molar-refractivity contribution in [1.82, 2.24) is 0 Å². The zero-order valence-electron chi connectivity index (χ0n) is 5.70. The fraction of sp³-hybridized carbons (Fsp3) is 0.857. The topological polar surface area (TPSA) is 17.1 Å². The van der Waals surface area contributed by atoms with E-state index >= 15 is 0 Å². The molecule has 1 fully saturated rings. The van der Waals surface area contributed by atoms with Crippen molar-refractivity contribution in [3.8, 4) is 0 Å². The van der Waals surface area contributed by atoms with Crippen molar-refractivity contribution < 1.29 is 13.6 Å². The second-order valence-corrected chi connectivity index (χ2v) is 2.80. The van der Waals surface area contributed by atoms with Gasteiger partial charge in [0.1, 0.15) is 0 Å². The second kappa shape index (κ2) is 2.64. The fourth-order valence-corrected chi connectivity index (χ4v) is 1.31. The van der Waals surface area contributed by atoms with Crippen molar-refractivity contribution in [2.75, 3.05) is 0 Å². The Bertz CT molecular complexity index is 139. The average Bonchev–Trinajstić information content (AvgIpc) is 1.89. The number of alkyl halides is 1. The van der Waals surface area contributed by atoms with E-state index in [1.807, 2.05) is 0 Å². The molecule has 58 valence electrons. The molecule has 0 radical (unpaired) electrons. The molecule has 0 heterocycles. The summed E-state index contributed by atoms with van der Waals surface area (Å²) in [7, 11) is 0. The standard InChI is InChI=1S/C7H10F2O/c8-6(10)7(9)4-2-1-3-5-7/h1-5H2. The molecule has 10 heavy (non-hydrogen) atoms. The molecule has 3 heteroatoms. The SMILES string of the molecule is O=C(F)C1(F)CCCCC1. The molecule has 1 aliphatic carbocycles. The Morgan fingerprint density at radius 1 is 1.20 bits per heavy atom. The Morgan fingerprint density at radius 3 is 2.00 bits per heavy atom. The lowest BCUT2D eigenvalue weighted by Crippen LogP contribution is -2.33. The minimum Gasteiger partial charge on any atom is -0.257 e. The van der Waals surface area contributed by atoms with Gasteiger partial charge in [-0.25, -0.2) is 4.39 Å². The number of halogens is 2. The van der Waals surface area contributed by atoms with Crippen molar-refractivity contribution in [2.24, 2.45) is 0 Å². The van der Waals surface area contributed by atoms with Gasteiger partial charge in [-0.1, -0.05) is 6.42 Å². The van der Waals surface area contributed by atoms with Gasteiger partial charge in [0.2, 0.25) is 5.67 Å². The molecule has 0 N–H and O–H groups in total. The van der Waals surface area contributed by atoms with Gasteiger partial charge >= 0.3 is 6.04 Å². The molecule has 1 saturated carbocycles. The van der Waals surface area contributed by atoms with E-state index in [9.17, 15) is 13.6 Å². The van der Waals surface area contributed by atoms with Crippen molar-refractivity contribution in [3.05, 3.63) is 0 Å². The zero-order valence-corrected chi connectivity index (χ0v) is 5.70. The van der Waals surface area contributed by atoms with E-state index in [-0.39, 0.29) is 12.8 Å². The summed E-state index contributed by atoms with van der Waals surface area (Å²) in [5.41, 5.74) is -2.13. The molecular formula is C7H10F2O. The van der Waals surface area contributed by atoms with Crippen LogP contribution in [0.5, 0.6) is 0 Å². The molecule has 0 spiro atoms. The Hall–Kier alpha value is -0.470. The van der Waals surface area contributed by atoms with E-state index in [1.54, 1.807) is 0 Å². The van der Waals surface area contributed by atoms with Crippen LogP contribution in [0.4, 0.5) is 8.78 Å². The third-order valence-electron chi connectivity index (χ3n) is 2.00. The summed E-state index contributed by atoms with van der Waals surface area (Å²) in [5.74, 6) is 0. The predicted octanol–water partition coefficient (Wildman–Crippen LogP) is 2.15. The van der Waals surface area contributed by atoms with Gasteiger partial charge in [-0.3, -0.25) is 4.79 Å². The maximum atomic E-state index is 13.0. The van der Waals surface area contributed by atoms with E-state index in [0.717, 1.165) is 6.42 Å². The number of carbonyl (C=O) groups excluding carboxylic acids is 1. The van der Waals surface area contributed by atoms with Gasteiger partial charge < -0.3 is 0 Å². The van der Waals surface area contributed by atoms with Crippen LogP contribution in [0.25, 0.3) is 0 Å². The van der Waals surface area contributed by atoms with Crippen LogP contribution >= 0.6 is 0 Å². The van der Waals surface area contributed by atoms with Crippen LogP contribution in [0, 0.1) is 0 Å². The van der Waals surface area contributed by atoms with Gasteiger partial charge in [0.25, 0.3) is 0 Å². The molecule has 1 rings (SSSR count). The first kappa shape index (κ1) is 7.63. The van der Waals surface area contributed by atoms with Crippen molar-refractivity contribution in [1.29, 1.82) is 0 Å². The quantitative estimate of drug-likeness (QED) is 0.521. The zero-order chi connectivity index (χ0) is 7.61.